The second-order valence-corrected chi connectivity index (χ2v) is 5.80. The van der Waals surface area contributed by atoms with Crippen molar-refractivity contribution >= 4 is 46.3 Å². The first kappa shape index (κ1) is 16.3. The smallest absolute Gasteiger partial charge is 0.274 e. The van der Waals surface area contributed by atoms with Crippen LogP contribution in [0, 0.1) is 6.92 Å². The third-order valence-corrected chi connectivity index (χ3v) is 3.64. The van der Waals surface area contributed by atoms with Crippen LogP contribution in [0.2, 0.25) is 10.0 Å². The molecule has 3 aromatic rings. The number of pyridine rings is 1. The molecule has 0 atom stereocenters. The van der Waals surface area contributed by atoms with Gasteiger partial charge < -0.3 is 15.2 Å². The second-order valence-electron chi connectivity index (χ2n) is 4.96. The SMILES string of the molecule is Cc1cc(Nc2ccc(C(=O)Nc3cc(Cl)ccc3Cl)nc2)no1. The third kappa shape index (κ3) is 3.84. The summed E-state index contributed by atoms with van der Waals surface area (Å²) in [6.07, 6.45) is 1.53. The Bertz CT molecular complexity index is 878. The lowest BCUT2D eigenvalue weighted by atomic mass is 10.2. The number of carbonyl (C=O) groups is 1. The summed E-state index contributed by atoms with van der Waals surface area (Å²) in [4.78, 5) is 16.3. The minimum absolute atomic E-state index is 0.243. The molecule has 0 aliphatic heterocycles. The van der Waals surface area contributed by atoms with Gasteiger partial charge in [-0.3, -0.25) is 4.79 Å². The molecule has 0 bridgehead atoms. The van der Waals surface area contributed by atoms with E-state index in [2.05, 4.69) is 20.8 Å². The average molecular weight is 363 g/mol. The molecule has 3 rings (SSSR count). The maximum absolute atomic E-state index is 12.2. The van der Waals surface area contributed by atoms with Crippen molar-refractivity contribution in [3.63, 3.8) is 0 Å². The zero-order chi connectivity index (χ0) is 17.1. The molecule has 122 valence electrons. The number of aromatic nitrogens is 2. The Morgan fingerprint density at radius 1 is 1.17 bits per heavy atom. The van der Waals surface area contributed by atoms with Gasteiger partial charge in [-0.25, -0.2) is 4.98 Å². The molecule has 6 nitrogen and oxygen atoms in total. The molecule has 0 saturated heterocycles. The highest BCUT2D eigenvalue weighted by molar-refractivity contribution is 6.35. The summed E-state index contributed by atoms with van der Waals surface area (Å²) in [6, 6.07) is 9.88. The highest BCUT2D eigenvalue weighted by Gasteiger charge is 2.11. The van der Waals surface area contributed by atoms with Gasteiger partial charge in [0.25, 0.3) is 5.91 Å². The predicted molar refractivity (Wildman–Crippen MR) is 93.2 cm³/mol. The van der Waals surface area contributed by atoms with Crippen molar-refractivity contribution in [2.24, 2.45) is 0 Å². The summed E-state index contributed by atoms with van der Waals surface area (Å²) in [6.45, 7) is 1.80. The van der Waals surface area contributed by atoms with E-state index < -0.39 is 0 Å². The summed E-state index contributed by atoms with van der Waals surface area (Å²) in [7, 11) is 0. The summed E-state index contributed by atoms with van der Waals surface area (Å²) in [5.74, 6) is 0.875. The molecular weight excluding hydrogens is 351 g/mol. The van der Waals surface area contributed by atoms with Crippen molar-refractivity contribution in [2.45, 2.75) is 6.92 Å². The van der Waals surface area contributed by atoms with E-state index in [4.69, 9.17) is 27.7 Å². The van der Waals surface area contributed by atoms with Gasteiger partial charge in [-0.2, -0.15) is 0 Å². The molecule has 8 heteroatoms. The largest absolute Gasteiger partial charge is 0.360 e. The number of nitrogens with zero attached hydrogens (tertiary/aromatic N) is 2. The lowest BCUT2D eigenvalue weighted by Crippen LogP contribution is -2.14. The minimum Gasteiger partial charge on any atom is -0.360 e. The van der Waals surface area contributed by atoms with Crippen LogP contribution in [0.3, 0.4) is 0 Å². The summed E-state index contributed by atoms with van der Waals surface area (Å²) in [5, 5.41) is 10.4. The summed E-state index contributed by atoms with van der Waals surface area (Å²) < 4.78 is 4.97. The molecule has 0 aliphatic carbocycles. The van der Waals surface area contributed by atoms with Gasteiger partial charge >= 0.3 is 0 Å². The van der Waals surface area contributed by atoms with Crippen LogP contribution in [-0.4, -0.2) is 16.0 Å². The van der Waals surface area contributed by atoms with Crippen molar-refractivity contribution in [1.29, 1.82) is 0 Å². The van der Waals surface area contributed by atoms with Crippen molar-refractivity contribution in [3.8, 4) is 0 Å². The Balaban J connectivity index is 1.70. The number of hydrogen-bond acceptors (Lipinski definition) is 5. The first-order valence-electron chi connectivity index (χ1n) is 6.94. The molecule has 0 unspecified atom stereocenters. The molecule has 24 heavy (non-hydrogen) atoms. The molecule has 0 fully saturated rings. The fourth-order valence-corrected chi connectivity index (χ4v) is 2.29. The number of aryl methyl sites for hydroxylation is 1. The van der Waals surface area contributed by atoms with E-state index in [1.165, 1.54) is 6.20 Å². The number of amides is 1. The van der Waals surface area contributed by atoms with E-state index in [1.807, 2.05) is 0 Å². The molecule has 2 N–H and O–H groups in total. The number of anilines is 3. The average Bonchev–Trinajstić information content (AvgIpc) is 2.96. The Morgan fingerprint density at radius 3 is 2.67 bits per heavy atom. The fourth-order valence-electron chi connectivity index (χ4n) is 1.95. The standard InChI is InChI=1S/C16H12Cl2N4O2/c1-9-6-15(22-24-9)20-11-3-5-13(19-8-11)16(23)21-14-7-10(17)2-4-12(14)18/h2-8H,1H3,(H,20,22)(H,21,23). The molecule has 0 radical (unpaired) electrons. The van der Waals surface area contributed by atoms with Crippen LogP contribution in [0.25, 0.3) is 0 Å². The van der Waals surface area contributed by atoms with E-state index in [-0.39, 0.29) is 11.6 Å². The van der Waals surface area contributed by atoms with Gasteiger partial charge in [0, 0.05) is 11.1 Å². The van der Waals surface area contributed by atoms with Crippen LogP contribution in [0.5, 0.6) is 0 Å². The molecule has 0 aliphatic rings. The fraction of sp³-hybridized carbons (Fsp3) is 0.0625. The van der Waals surface area contributed by atoms with Crippen molar-refractivity contribution in [2.75, 3.05) is 10.6 Å². The van der Waals surface area contributed by atoms with Crippen LogP contribution < -0.4 is 10.6 Å². The quantitative estimate of drug-likeness (QED) is 0.704. The van der Waals surface area contributed by atoms with Crippen LogP contribution >= 0.6 is 23.2 Å². The van der Waals surface area contributed by atoms with Crippen LogP contribution in [0.15, 0.2) is 47.1 Å². The van der Waals surface area contributed by atoms with Crippen LogP contribution in [0.4, 0.5) is 17.2 Å². The molecule has 0 spiro atoms. The van der Waals surface area contributed by atoms with Gasteiger partial charge in [0.05, 0.1) is 22.6 Å². The van der Waals surface area contributed by atoms with Crippen molar-refractivity contribution < 1.29 is 9.32 Å². The highest BCUT2D eigenvalue weighted by atomic mass is 35.5. The van der Waals surface area contributed by atoms with Crippen LogP contribution in [-0.2, 0) is 0 Å². The van der Waals surface area contributed by atoms with Gasteiger partial charge in [0.1, 0.15) is 11.5 Å². The number of carbonyl (C=O) groups excluding carboxylic acids is 1. The lowest BCUT2D eigenvalue weighted by Gasteiger charge is -2.08. The Hall–Kier alpha value is -2.57. The summed E-state index contributed by atoms with van der Waals surface area (Å²) in [5.41, 5.74) is 1.35. The van der Waals surface area contributed by atoms with E-state index in [1.54, 1.807) is 43.3 Å². The molecule has 1 amide bonds. The van der Waals surface area contributed by atoms with E-state index in [0.717, 1.165) is 0 Å². The third-order valence-electron chi connectivity index (χ3n) is 3.07. The Kier molecular flexibility index (Phi) is 4.69. The topological polar surface area (TPSA) is 80.0 Å². The van der Waals surface area contributed by atoms with E-state index in [0.29, 0.717) is 33.0 Å². The monoisotopic (exact) mass is 362 g/mol. The first-order chi connectivity index (χ1) is 11.5. The minimum atomic E-state index is -0.386. The van der Waals surface area contributed by atoms with Gasteiger partial charge in [0.15, 0.2) is 5.82 Å². The Morgan fingerprint density at radius 2 is 2.00 bits per heavy atom. The second kappa shape index (κ2) is 6.90. The number of hydrogen-bond donors (Lipinski definition) is 2. The molecule has 1 aromatic carbocycles. The van der Waals surface area contributed by atoms with Gasteiger partial charge in [-0.05, 0) is 37.3 Å². The first-order valence-corrected chi connectivity index (χ1v) is 7.69. The van der Waals surface area contributed by atoms with Gasteiger partial charge in [-0.15, -0.1) is 0 Å². The maximum Gasteiger partial charge on any atom is 0.274 e. The van der Waals surface area contributed by atoms with Gasteiger partial charge in [-0.1, -0.05) is 28.4 Å². The summed E-state index contributed by atoms with van der Waals surface area (Å²) >= 11 is 11.9. The van der Waals surface area contributed by atoms with Crippen molar-refractivity contribution in [3.05, 3.63) is 64.1 Å². The highest BCUT2D eigenvalue weighted by Crippen LogP contribution is 2.26. The zero-order valence-electron chi connectivity index (χ0n) is 12.5. The van der Waals surface area contributed by atoms with Crippen molar-refractivity contribution in [1.82, 2.24) is 10.1 Å². The van der Waals surface area contributed by atoms with Crippen LogP contribution in [0.1, 0.15) is 16.2 Å². The van der Waals surface area contributed by atoms with Gasteiger partial charge in [0.2, 0.25) is 0 Å². The Labute approximate surface area is 147 Å². The zero-order valence-corrected chi connectivity index (χ0v) is 14.0. The predicted octanol–water partition coefficient (Wildman–Crippen LogP) is 4.68. The van der Waals surface area contributed by atoms with E-state index in [9.17, 15) is 4.79 Å². The number of benzene rings is 1. The number of nitrogens with one attached hydrogen (secondary N) is 2. The normalized spacial score (nSPS) is 10.5. The molecule has 2 heterocycles. The van der Waals surface area contributed by atoms with E-state index >= 15 is 0 Å². The molecule has 0 saturated carbocycles. The number of halogens is 2. The maximum atomic E-state index is 12.2. The molecular formula is C16H12Cl2N4O2. The lowest BCUT2D eigenvalue weighted by molar-refractivity contribution is 0.102. The molecule has 2 aromatic heterocycles. The number of rotatable bonds is 4.